The molecule has 2 aromatic carbocycles. The zero-order valence-electron chi connectivity index (χ0n) is 17.2. The molecule has 2 amide bonds. The van der Waals surface area contributed by atoms with E-state index >= 15 is 0 Å². The van der Waals surface area contributed by atoms with Crippen LogP contribution in [0, 0.1) is 12.7 Å². The van der Waals surface area contributed by atoms with Crippen molar-refractivity contribution in [1.29, 1.82) is 0 Å². The Morgan fingerprint density at radius 2 is 1.94 bits per heavy atom. The third-order valence-corrected chi connectivity index (χ3v) is 5.11. The summed E-state index contributed by atoms with van der Waals surface area (Å²) >= 11 is 3.38. The largest absolute Gasteiger partial charge is 0.339 e. The number of likely N-dealkylation sites (N-methyl/N-ethyl adjacent to an activating group) is 1. The summed E-state index contributed by atoms with van der Waals surface area (Å²) in [5.74, 6) is 0.0235. The third-order valence-electron chi connectivity index (χ3n) is 4.62. The topological polar surface area (TPSA) is 88.3 Å². The molecule has 162 valence electrons. The highest BCUT2D eigenvalue weighted by molar-refractivity contribution is 9.10. The van der Waals surface area contributed by atoms with E-state index in [2.05, 4.69) is 31.4 Å². The van der Waals surface area contributed by atoms with Crippen molar-refractivity contribution in [3.8, 4) is 11.4 Å². The van der Waals surface area contributed by atoms with Crippen LogP contribution in [0.5, 0.6) is 0 Å². The number of hydrogen-bond donors (Lipinski definition) is 1. The van der Waals surface area contributed by atoms with Crippen LogP contribution >= 0.6 is 15.9 Å². The van der Waals surface area contributed by atoms with Gasteiger partial charge in [-0.05, 0) is 61.4 Å². The minimum absolute atomic E-state index is 0.0381. The summed E-state index contributed by atoms with van der Waals surface area (Å²) in [6.07, 6.45) is 1.18. The fraction of sp³-hybridized carbons (Fsp3) is 0.273. The first-order valence-electron chi connectivity index (χ1n) is 9.70. The molecule has 0 aliphatic rings. The van der Waals surface area contributed by atoms with E-state index in [9.17, 15) is 14.0 Å². The van der Waals surface area contributed by atoms with Crippen molar-refractivity contribution in [3.63, 3.8) is 0 Å². The van der Waals surface area contributed by atoms with Crippen LogP contribution in [0.25, 0.3) is 11.4 Å². The lowest BCUT2D eigenvalue weighted by molar-refractivity contribution is -0.133. The number of benzene rings is 2. The molecule has 7 nitrogen and oxygen atoms in total. The lowest BCUT2D eigenvalue weighted by Gasteiger charge is -2.17. The van der Waals surface area contributed by atoms with E-state index in [-0.39, 0.29) is 30.6 Å². The number of nitrogens with zero attached hydrogens (tertiary/aromatic N) is 3. The number of rotatable bonds is 8. The first-order valence-corrected chi connectivity index (χ1v) is 10.5. The van der Waals surface area contributed by atoms with Crippen molar-refractivity contribution >= 4 is 33.4 Å². The van der Waals surface area contributed by atoms with E-state index < -0.39 is 0 Å². The Labute approximate surface area is 187 Å². The van der Waals surface area contributed by atoms with E-state index in [1.807, 2.05) is 25.1 Å². The lowest BCUT2D eigenvalue weighted by atomic mass is 10.2. The standard InChI is InChI=1S/C22H22BrFN4O3/c1-14-12-16(23)8-11-18(14)25-19(29)13-28(2)21(30)5-3-4-20-26-22(27-31-20)15-6-9-17(24)10-7-15/h6-12H,3-5,13H2,1-2H3,(H,25,29). The van der Waals surface area contributed by atoms with Crippen LogP contribution in [0.1, 0.15) is 24.3 Å². The summed E-state index contributed by atoms with van der Waals surface area (Å²) in [7, 11) is 1.59. The average Bonchev–Trinajstić information content (AvgIpc) is 3.19. The summed E-state index contributed by atoms with van der Waals surface area (Å²) in [6.45, 7) is 1.86. The van der Waals surface area contributed by atoms with Gasteiger partial charge in [-0.2, -0.15) is 4.98 Å². The highest BCUT2D eigenvalue weighted by atomic mass is 79.9. The highest BCUT2D eigenvalue weighted by Gasteiger charge is 2.15. The molecule has 1 heterocycles. The Bertz CT molecular complexity index is 1070. The van der Waals surface area contributed by atoms with Crippen molar-refractivity contribution < 1.29 is 18.5 Å². The predicted octanol–water partition coefficient (Wildman–Crippen LogP) is 4.37. The van der Waals surface area contributed by atoms with Crippen LogP contribution in [-0.2, 0) is 16.0 Å². The molecule has 0 saturated carbocycles. The Morgan fingerprint density at radius 3 is 2.65 bits per heavy atom. The maximum Gasteiger partial charge on any atom is 0.243 e. The van der Waals surface area contributed by atoms with E-state index in [1.165, 1.54) is 17.0 Å². The van der Waals surface area contributed by atoms with Gasteiger partial charge < -0.3 is 14.7 Å². The van der Waals surface area contributed by atoms with Gasteiger partial charge in [-0.1, -0.05) is 21.1 Å². The number of aromatic nitrogens is 2. The second-order valence-electron chi connectivity index (χ2n) is 7.13. The van der Waals surface area contributed by atoms with E-state index in [0.717, 1.165) is 10.0 Å². The average molecular weight is 489 g/mol. The van der Waals surface area contributed by atoms with Gasteiger partial charge >= 0.3 is 0 Å². The van der Waals surface area contributed by atoms with Gasteiger partial charge in [-0.25, -0.2) is 4.39 Å². The second-order valence-corrected chi connectivity index (χ2v) is 8.05. The summed E-state index contributed by atoms with van der Waals surface area (Å²) in [4.78, 5) is 30.2. The third kappa shape index (κ3) is 6.45. The molecular weight excluding hydrogens is 467 g/mol. The SMILES string of the molecule is Cc1cc(Br)ccc1NC(=O)CN(C)C(=O)CCCc1nc(-c2ccc(F)cc2)no1. The molecule has 1 aromatic heterocycles. The molecule has 0 aliphatic carbocycles. The second kappa shape index (κ2) is 10.3. The quantitative estimate of drug-likeness (QED) is 0.508. The number of nitrogens with one attached hydrogen (secondary N) is 1. The summed E-state index contributed by atoms with van der Waals surface area (Å²) in [5.41, 5.74) is 2.29. The van der Waals surface area contributed by atoms with Crippen molar-refractivity contribution in [2.75, 3.05) is 18.9 Å². The van der Waals surface area contributed by atoms with Crippen LogP contribution < -0.4 is 5.32 Å². The first-order chi connectivity index (χ1) is 14.8. The zero-order chi connectivity index (χ0) is 22.4. The number of hydrogen-bond acceptors (Lipinski definition) is 5. The van der Waals surface area contributed by atoms with Gasteiger partial charge in [0.1, 0.15) is 5.82 Å². The maximum atomic E-state index is 13.0. The van der Waals surface area contributed by atoms with Gasteiger partial charge in [-0.15, -0.1) is 0 Å². The van der Waals surface area contributed by atoms with Crippen LogP contribution in [0.4, 0.5) is 10.1 Å². The predicted molar refractivity (Wildman–Crippen MR) is 118 cm³/mol. The van der Waals surface area contributed by atoms with Crippen LogP contribution in [0.2, 0.25) is 0 Å². The molecule has 0 bridgehead atoms. The molecule has 0 fully saturated rings. The molecule has 0 atom stereocenters. The van der Waals surface area contributed by atoms with Crippen molar-refractivity contribution in [1.82, 2.24) is 15.0 Å². The van der Waals surface area contributed by atoms with Crippen LogP contribution in [0.3, 0.4) is 0 Å². The van der Waals surface area contributed by atoms with E-state index in [1.54, 1.807) is 19.2 Å². The van der Waals surface area contributed by atoms with Gasteiger partial charge in [0.2, 0.25) is 23.5 Å². The van der Waals surface area contributed by atoms with Crippen molar-refractivity contribution in [3.05, 3.63) is 64.2 Å². The fourth-order valence-electron chi connectivity index (χ4n) is 2.91. The molecule has 0 spiro atoms. The van der Waals surface area contributed by atoms with E-state index in [4.69, 9.17) is 4.52 Å². The molecule has 0 aliphatic heterocycles. The molecule has 0 saturated heterocycles. The van der Waals surface area contributed by atoms with Crippen molar-refractivity contribution in [2.45, 2.75) is 26.2 Å². The molecule has 0 radical (unpaired) electrons. The Balaban J connectivity index is 1.44. The molecule has 3 rings (SSSR count). The van der Waals surface area contributed by atoms with Crippen LogP contribution in [-0.4, -0.2) is 40.4 Å². The number of halogens is 2. The number of carbonyl (C=O) groups is 2. The zero-order valence-corrected chi connectivity index (χ0v) is 18.8. The Hall–Kier alpha value is -3.07. The number of carbonyl (C=O) groups excluding carboxylic acids is 2. The Morgan fingerprint density at radius 1 is 1.19 bits per heavy atom. The van der Waals surface area contributed by atoms with Gasteiger partial charge in [0.25, 0.3) is 0 Å². The van der Waals surface area contributed by atoms with Crippen LogP contribution in [0.15, 0.2) is 51.5 Å². The molecule has 9 heteroatoms. The van der Waals surface area contributed by atoms with E-state index in [0.29, 0.717) is 35.8 Å². The highest BCUT2D eigenvalue weighted by Crippen LogP contribution is 2.20. The maximum absolute atomic E-state index is 13.0. The minimum Gasteiger partial charge on any atom is -0.339 e. The van der Waals surface area contributed by atoms with Crippen molar-refractivity contribution in [2.24, 2.45) is 0 Å². The van der Waals surface area contributed by atoms with Gasteiger partial charge in [0.05, 0.1) is 6.54 Å². The van der Waals surface area contributed by atoms with Gasteiger partial charge in [0, 0.05) is 35.6 Å². The lowest BCUT2D eigenvalue weighted by Crippen LogP contribution is -2.34. The molecule has 1 N–H and O–H groups in total. The number of anilines is 1. The number of amides is 2. The molecule has 3 aromatic rings. The van der Waals surface area contributed by atoms with Gasteiger partial charge in [0.15, 0.2) is 0 Å². The first kappa shape index (κ1) is 22.6. The summed E-state index contributed by atoms with van der Waals surface area (Å²) in [6, 6.07) is 11.4. The monoisotopic (exact) mass is 488 g/mol. The summed E-state index contributed by atoms with van der Waals surface area (Å²) < 4.78 is 19.1. The minimum atomic E-state index is -0.337. The Kier molecular flexibility index (Phi) is 7.51. The molecular formula is C22H22BrFN4O3. The van der Waals surface area contributed by atoms with Gasteiger partial charge in [-0.3, -0.25) is 9.59 Å². The molecule has 0 unspecified atom stereocenters. The smallest absolute Gasteiger partial charge is 0.243 e. The summed E-state index contributed by atoms with van der Waals surface area (Å²) in [5, 5.41) is 6.70. The molecule has 31 heavy (non-hydrogen) atoms. The number of aryl methyl sites for hydroxylation is 2. The normalized spacial score (nSPS) is 10.7. The fourth-order valence-corrected chi connectivity index (χ4v) is 3.39.